The molecule has 382 valence electrons. The summed E-state index contributed by atoms with van der Waals surface area (Å²) >= 11 is 0. The molecule has 0 amide bonds. The summed E-state index contributed by atoms with van der Waals surface area (Å²) in [5, 5.41) is 17.0. The average Bonchev–Trinajstić information content (AvgIpc) is 3.61. The Morgan fingerprint density at radius 3 is 0.707 bits per heavy atom. The van der Waals surface area contributed by atoms with Crippen LogP contribution in [0.2, 0.25) is 0 Å². The van der Waals surface area contributed by atoms with Crippen LogP contribution in [-0.2, 0) is 0 Å². The molecule has 0 bridgehead atoms. The predicted molar refractivity (Wildman–Crippen MR) is 351 cm³/mol. The van der Waals surface area contributed by atoms with Crippen LogP contribution in [-0.4, -0.2) is 0 Å². The van der Waals surface area contributed by atoms with Crippen molar-refractivity contribution in [1.29, 1.82) is 0 Å². The Morgan fingerprint density at radius 2 is 0.427 bits per heavy atom. The zero-order valence-electron chi connectivity index (χ0n) is 44.9. The Labute approximate surface area is 476 Å². The minimum Gasteiger partial charge on any atom is -0.309 e. The summed E-state index contributed by atoms with van der Waals surface area (Å²) in [4.78, 5) is 4.87. The van der Waals surface area contributed by atoms with Gasteiger partial charge in [0, 0.05) is 44.3 Å². The number of rotatable bonds is 10. The van der Waals surface area contributed by atoms with Crippen LogP contribution in [0, 0.1) is 0 Å². The van der Waals surface area contributed by atoms with E-state index in [9.17, 15) is 0 Å². The van der Waals surface area contributed by atoms with Crippen molar-refractivity contribution < 1.29 is 0 Å². The Hall–Kier alpha value is -10.8. The molecule has 0 fully saturated rings. The first-order chi connectivity index (χ1) is 40.7. The molecule has 0 saturated carbocycles. The van der Waals surface area contributed by atoms with Crippen LogP contribution < -0.4 is 9.80 Å². The van der Waals surface area contributed by atoms with Crippen LogP contribution in [0.1, 0.15) is 0 Å². The molecule has 0 aliphatic carbocycles. The van der Waals surface area contributed by atoms with Gasteiger partial charge in [0.25, 0.3) is 0 Å². The molecule has 0 radical (unpaired) electrons. The molecule has 0 saturated heterocycles. The van der Waals surface area contributed by atoms with Gasteiger partial charge in [0.05, 0.1) is 11.4 Å². The first-order valence-corrected chi connectivity index (χ1v) is 28.3. The second-order valence-electron chi connectivity index (χ2n) is 21.5. The molecule has 0 atom stereocenters. The number of hydrogen-bond acceptors (Lipinski definition) is 2. The van der Waals surface area contributed by atoms with E-state index in [-0.39, 0.29) is 0 Å². The van der Waals surface area contributed by atoms with Gasteiger partial charge in [-0.2, -0.15) is 0 Å². The van der Waals surface area contributed by atoms with Crippen LogP contribution in [0.25, 0.3) is 120 Å². The van der Waals surface area contributed by atoms with E-state index in [0.29, 0.717) is 0 Å². The quantitative estimate of drug-likeness (QED) is 0.0995. The highest BCUT2D eigenvalue weighted by atomic mass is 15.2. The Morgan fingerprint density at radius 1 is 0.183 bits per heavy atom. The van der Waals surface area contributed by atoms with Gasteiger partial charge >= 0.3 is 0 Å². The summed E-state index contributed by atoms with van der Waals surface area (Å²) in [5.41, 5.74) is 16.4. The monoisotopic (exact) mass is 1040 g/mol. The summed E-state index contributed by atoms with van der Waals surface area (Å²) in [5.74, 6) is 0. The molecule has 0 spiro atoms. The van der Waals surface area contributed by atoms with Gasteiger partial charge in [0.2, 0.25) is 0 Å². The summed E-state index contributed by atoms with van der Waals surface area (Å²) < 4.78 is 0. The standard InChI is InChI=1S/C80H52N2/c1-7-27-53(28-8-1)71-49-57-47-56(76-65-41-21-25-45-69(65)80(70-46-26-22-42-66(70)76)82(61-35-15-5-16-36-61)62-37-17-6-18-38-62)52-74-72(54-29-9-2-10-30-54)50-58-48-55(51-73(71)77(58)78(57)74)75-63-39-19-23-43-67(63)79(68-44-24-20-40-64(68)75)81(59-31-11-3-12-32-59)60-33-13-4-14-34-60/h1-52H. The fraction of sp³-hybridized carbons (Fsp3) is 0. The van der Waals surface area contributed by atoms with Gasteiger partial charge in [-0.05, 0) is 183 Å². The van der Waals surface area contributed by atoms with Crippen LogP contribution >= 0.6 is 0 Å². The zero-order chi connectivity index (χ0) is 54.1. The lowest BCUT2D eigenvalue weighted by molar-refractivity contribution is 1.31. The van der Waals surface area contributed by atoms with Gasteiger partial charge in [-0.1, -0.05) is 231 Å². The molecule has 0 heterocycles. The average molecular weight is 1040 g/mol. The second-order valence-corrected chi connectivity index (χ2v) is 21.5. The minimum absolute atomic E-state index is 1.11. The maximum absolute atomic E-state index is 2.50. The van der Waals surface area contributed by atoms with Gasteiger partial charge < -0.3 is 9.80 Å². The molecule has 0 unspecified atom stereocenters. The molecule has 82 heavy (non-hydrogen) atoms. The maximum Gasteiger partial charge on any atom is 0.0618 e. The molecule has 0 aliphatic rings. The molecule has 2 heteroatoms. The first-order valence-electron chi connectivity index (χ1n) is 28.3. The van der Waals surface area contributed by atoms with Gasteiger partial charge in [-0.3, -0.25) is 0 Å². The number of hydrogen-bond donors (Lipinski definition) is 0. The third kappa shape index (κ3) is 7.64. The number of anilines is 6. The smallest absolute Gasteiger partial charge is 0.0618 e. The lowest BCUT2D eigenvalue weighted by Gasteiger charge is -2.29. The predicted octanol–water partition coefficient (Wildman–Crippen LogP) is 22.8. The molecule has 16 aromatic carbocycles. The van der Waals surface area contributed by atoms with E-state index in [1.807, 2.05) is 0 Å². The summed E-state index contributed by atoms with van der Waals surface area (Å²) in [6.45, 7) is 0. The number of fused-ring (bicyclic) bond motifs is 4. The first kappa shape index (κ1) is 47.2. The van der Waals surface area contributed by atoms with E-state index in [1.165, 1.54) is 120 Å². The van der Waals surface area contributed by atoms with Gasteiger partial charge in [-0.25, -0.2) is 0 Å². The molecule has 16 rings (SSSR count). The van der Waals surface area contributed by atoms with Gasteiger partial charge in [-0.15, -0.1) is 0 Å². The lowest BCUT2D eigenvalue weighted by Crippen LogP contribution is -2.11. The third-order valence-corrected chi connectivity index (χ3v) is 16.8. The van der Waals surface area contributed by atoms with Crippen molar-refractivity contribution in [3.8, 4) is 44.5 Å². The van der Waals surface area contributed by atoms with E-state index in [2.05, 4.69) is 325 Å². The van der Waals surface area contributed by atoms with Crippen molar-refractivity contribution in [1.82, 2.24) is 0 Å². The number of para-hydroxylation sites is 4. The third-order valence-electron chi connectivity index (χ3n) is 16.8. The van der Waals surface area contributed by atoms with Crippen LogP contribution in [0.4, 0.5) is 34.1 Å². The molecule has 16 aromatic rings. The van der Waals surface area contributed by atoms with Crippen molar-refractivity contribution in [2.24, 2.45) is 0 Å². The van der Waals surface area contributed by atoms with E-state index >= 15 is 0 Å². The van der Waals surface area contributed by atoms with Crippen LogP contribution in [0.3, 0.4) is 0 Å². The van der Waals surface area contributed by atoms with Crippen molar-refractivity contribution in [3.05, 3.63) is 315 Å². The topological polar surface area (TPSA) is 6.48 Å². The highest BCUT2D eigenvalue weighted by Crippen LogP contribution is 2.54. The van der Waals surface area contributed by atoms with Crippen molar-refractivity contribution in [2.45, 2.75) is 0 Å². The van der Waals surface area contributed by atoms with Crippen LogP contribution in [0.5, 0.6) is 0 Å². The highest BCUT2D eigenvalue weighted by molar-refractivity contribution is 6.33. The molecule has 0 aromatic heterocycles. The molecule has 0 aliphatic heterocycles. The van der Waals surface area contributed by atoms with Crippen molar-refractivity contribution in [2.75, 3.05) is 9.80 Å². The van der Waals surface area contributed by atoms with Gasteiger partial charge in [0.15, 0.2) is 0 Å². The van der Waals surface area contributed by atoms with Crippen molar-refractivity contribution in [3.63, 3.8) is 0 Å². The van der Waals surface area contributed by atoms with Gasteiger partial charge in [0.1, 0.15) is 0 Å². The van der Waals surface area contributed by atoms with Crippen molar-refractivity contribution >= 4 is 110 Å². The zero-order valence-corrected chi connectivity index (χ0v) is 44.9. The Balaban J connectivity index is 0.999. The molecular formula is C80H52N2. The number of nitrogens with zero attached hydrogens (tertiary/aromatic N) is 2. The van der Waals surface area contributed by atoms with E-state index in [1.54, 1.807) is 0 Å². The minimum atomic E-state index is 1.11. The second kappa shape index (κ2) is 19.5. The fourth-order valence-electron chi connectivity index (χ4n) is 13.4. The Bertz CT molecular complexity index is 4550. The SMILES string of the molecule is c1ccc(-c2cc3cc(-c4c5ccccc5c(N(c5ccccc5)c5ccccc5)c5ccccc45)cc4c(-c5ccccc5)cc5cc(-c6c7ccccc7c(N(c7ccccc7)c7ccccc7)c7ccccc67)cc2c5c34)cc1. The summed E-state index contributed by atoms with van der Waals surface area (Å²) in [6.07, 6.45) is 0. The summed E-state index contributed by atoms with van der Waals surface area (Å²) in [7, 11) is 0. The number of benzene rings is 16. The van der Waals surface area contributed by atoms with E-state index in [0.717, 1.165) is 34.1 Å². The lowest BCUT2D eigenvalue weighted by atomic mass is 9.81. The highest BCUT2D eigenvalue weighted by Gasteiger charge is 2.27. The normalized spacial score (nSPS) is 11.7. The fourth-order valence-corrected chi connectivity index (χ4v) is 13.4. The van der Waals surface area contributed by atoms with E-state index < -0.39 is 0 Å². The summed E-state index contributed by atoms with van der Waals surface area (Å²) in [6, 6.07) is 116. The molecule has 2 nitrogen and oxygen atoms in total. The van der Waals surface area contributed by atoms with E-state index in [4.69, 9.17) is 0 Å². The Kier molecular flexibility index (Phi) is 11.2. The largest absolute Gasteiger partial charge is 0.309 e. The maximum atomic E-state index is 2.50. The molecule has 0 N–H and O–H groups in total. The molecular weight excluding hydrogens is 989 g/mol. The van der Waals surface area contributed by atoms with Crippen LogP contribution in [0.15, 0.2) is 315 Å².